The smallest absolute Gasteiger partial charge is 0.323 e. The van der Waals surface area contributed by atoms with Crippen LogP contribution in [0.15, 0.2) is 85.1 Å². The summed E-state index contributed by atoms with van der Waals surface area (Å²) in [6.45, 7) is 11.6. The molecular weight excluding hydrogens is 729 g/mol. The lowest BCUT2D eigenvalue weighted by atomic mass is 9.86. The molecule has 2 heterocycles. The van der Waals surface area contributed by atoms with Crippen molar-refractivity contribution in [3.63, 3.8) is 0 Å². The zero-order valence-electron chi connectivity index (χ0n) is 32.7. The highest BCUT2D eigenvalue weighted by atomic mass is 32.2. The number of hydrogen-bond donors (Lipinski definition) is 6. The first-order chi connectivity index (χ1) is 27.0. The first kappa shape index (κ1) is 40.0. The molecule has 14 heteroatoms. The van der Waals surface area contributed by atoms with Crippen molar-refractivity contribution < 1.29 is 23.8 Å². The quantitative estimate of drug-likeness (QED) is 0.0608. The largest absolute Gasteiger partial charge is 0.497 e. The minimum Gasteiger partial charge on any atom is -0.497 e. The lowest BCUT2D eigenvalue weighted by molar-refractivity contribution is 0.0947. The van der Waals surface area contributed by atoms with Gasteiger partial charge in [0, 0.05) is 85.9 Å². The van der Waals surface area contributed by atoms with Crippen LogP contribution in [0.2, 0.25) is 0 Å². The Kier molecular flexibility index (Phi) is 13.1. The summed E-state index contributed by atoms with van der Waals surface area (Å²) in [6, 6.07) is 23.7. The van der Waals surface area contributed by atoms with E-state index < -0.39 is 6.03 Å². The lowest BCUT2D eigenvalue weighted by Crippen LogP contribution is -2.46. The van der Waals surface area contributed by atoms with Gasteiger partial charge in [0.05, 0.1) is 31.3 Å². The number of carbonyl (C=O) groups is 2. The first-order valence-electron chi connectivity index (χ1n) is 18.5. The van der Waals surface area contributed by atoms with E-state index in [1.807, 2.05) is 54.8 Å². The molecule has 1 saturated heterocycles. The highest BCUT2D eigenvalue weighted by Gasteiger charge is 2.21. The third-order valence-electron chi connectivity index (χ3n) is 9.31. The van der Waals surface area contributed by atoms with Crippen molar-refractivity contribution in [2.24, 2.45) is 0 Å². The zero-order valence-corrected chi connectivity index (χ0v) is 33.5. The van der Waals surface area contributed by atoms with E-state index >= 15 is 0 Å². The fraction of sp³-hybridized carbons (Fsp3) is 0.310. The van der Waals surface area contributed by atoms with E-state index in [1.54, 1.807) is 50.7 Å². The second-order valence-electron chi connectivity index (χ2n) is 14.3. The van der Waals surface area contributed by atoms with E-state index in [0.717, 1.165) is 54.7 Å². The molecule has 0 aliphatic carbocycles. The molecule has 4 aromatic carbocycles. The van der Waals surface area contributed by atoms with E-state index in [4.69, 9.17) is 14.2 Å². The van der Waals surface area contributed by atoms with Crippen LogP contribution in [0, 0.1) is 0 Å². The SMILES string of the molecule is COc1cc(Nc2cc(Oc3ccc(NC(=O)Nc4cc(C(C)(C)C)cc(NSC)c4OC)c4ccccc34)ccn2)cc(C(=O)NCCN2CCNCC2)c1. The number of nitrogens with zero attached hydrogens (tertiary/aromatic N) is 2. The molecule has 3 amide bonds. The number of nitrogens with one attached hydrogen (secondary N) is 6. The zero-order chi connectivity index (χ0) is 39.7. The van der Waals surface area contributed by atoms with Gasteiger partial charge in [0.25, 0.3) is 5.91 Å². The Hall–Kier alpha value is -5.70. The second-order valence-corrected chi connectivity index (χ2v) is 14.9. The van der Waals surface area contributed by atoms with Crippen LogP contribution in [0.1, 0.15) is 36.7 Å². The summed E-state index contributed by atoms with van der Waals surface area (Å²) >= 11 is 1.45. The van der Waals surface area contributed by atoms with E-state index in [1.165, 1.54) is 11.9 Å². The minimum atomic E-state index is -0.415. The predicted molar refractivity (Wildman–Crippen MR) is 228 cm³/mol. The molecule has 1 aromatic heterocycles. The Morgan fingerprint density at radius 3 is 2.34 bits per heavy atom. The van der Waals surface area contributed by atoms with Gasteiger partial charge in [0.1, 0.15) is 23.1 Å². The molecule has 0 bridgehead atoms. The van der Waals surface area contributed by atoms with Gasteiger partial charge in [0.15, 0.2) is 5.75 Å². The topological polar surface area (TPSA) is 150 Å². The van der Waals surface area contributed by atoms with Crippen LogP contribution < -0.4 is 45.5 Å². The minimum absolute atomic E-state index is 0.160. The van der Waals surface area contributed by atoms with Gasteiger partial charge in [-0.15, -0.1) is 0 Å². The number of urea groups is 1. The molecule has 6 rings (SSSR count). The maximum absolute atomic E-state index is 13.5. The van der Waals surface area contributed by atoms with Gasteiger partial charge in [-0.25, -0.2) is 9.78 Å². The molecule has 1 fully saturated rings. The van der Waals surface area contributed by atoms with Crippen LogP contribution >= 0.6 is 11.9 Å². The average Bonchev–Trinajstić information content (AvgIpc) is 3.19. The number of carbonyl (C=O) groups excluding carboxylic acids is 2. The number of hydrogen-bond acceptors (Lipinski definition) is 11. The summed E-state index contributed by atoms with van der Waals surface area (Å²) in [5.74, 6) is 2.55. The number of pyridine rings is 1. The Balaban J connectivity index is 1.16. The fourth-order valence-electron chi connectivity index (χ4n) is 6.41. The van der Waals surface area contributed by atoms with Crippen LogP contribution in [0.5, 0.6) is 23.0 Å². The van der Waals surface area contributed by atoms with E-state index in [9.17, 15) is 9.59 Å². The van der Waals surface area contributed by atoms with Crippen LogP contribution in [-0.4, -0.2) is 81.6 Å². The number of amides is 3. The molecule has 0 radical (unpaired) electrons. The van der Waals surface area contributed by atoms with Crippen LogP contribution in [0.25, 0.3) is 10.8 Å². The number of aromatic nitrogens is 1. The van der Waals surface area contributed by atoms with E-state index in [2.05, 4.69) is 62.0 Å². The Bertz CT molecular complexity index is 2170. The number of benzene rings is 4. The van der Waals surface area contributed by atoms with Crippen LogP contribution in [0.3, 0.4) is 0 Å². The molecular formula is C42H50N8O5S. The fourth-order valence-corrected chi connectivity index (χ4v) is 6.78. The molecule has 5 aromatic rings. The molecule has 294 valence electrons. The number of ether oxygens (including phenoxy) is 3. The third kappa shape index (κ3) is 10.1. The van der Waals surface area contributed by atoms with Crippen molar-refractivity contribution in [2.45, 2.75) is 26.2 Å². The Morgan fingerprint density at radius 2 is 1.61 bits per heavy atom. The highest BCUT2D eigenvalue weighted by Crippen LogP contribution is 2.40. The summed E-state index contributed by atoms with van der Waals surface area (Å²) < 4.78 is 20.9. The number of fused-ring (bicyclic) bond motifs is 1. The maximum atomic E-state index is 13.5. The van der Waals surface area contributed by atoms with Crippen molar-refractivity contribution in [3.05, 3.63) is 96.2 Å². The molecule has 56 heavy (non-hydrogen) atoms. The number of methoxy groups -OCH3 is 2. The van der Waals surface area contributed by atoms with E-state index in [0.29, 0.717) is 58.0 Å². The molecule has 1 aliphatic heterocycles. The molecule has 0 unspecified atom stereocenters. The van der Waals surface area contributed by atoms with Gasteiger partial charge in [-0.05, 0) is 53.4 Å². The number of piperazine rings is 1. The van der Waals surface area contributed by atoms with Gasteiger partial charge >= 0.3 is 6.03 Å². The van der Waals surface area contributed by atoms with Crippen molar-refractivity contribution in [1.82, 2.24) is 20.5 Å². The second kappa shape index (κ2) is 18.3. The van der Waals surface area contributed by atoms with Crippen molar-refractivity contribution in [1.29, 1.82) is 0 Å². The van der Waals surface area contributed by atoms with Gasteiger partial charge in [0.2, 0.25) is 0 Å². The summed E-state index contributed by atoms with van der Waals surface area (Å²) in [7, 11) is 3.15. The highest BCUT2D eigenvalue weighted by molar-refractivity contribution is 7.99. The standard InChI is InChI=1S/C42H50N8O5S/c1-42(2,3)28-23-35(39(54-5)36(24-28)49-56-6)48-41(52)47-34-11-12-37(33-10-8-7-9-32(33)34)55-30-13-14-44-38(26-30)46-29-21-27(22-31(25-29)53-4)40(51)45-17-20-50-18-15-43-16-19-50/h7-14,21-26,43,49H,15-20H2,1-6H3,(H,44,46)(H,45,51)(H2,47,48,52). The third-order valence-corrected chi connectivity index (χ3v) is 9.73. The van der Waals surface area contributed by atoms with Crippen molar-refractivity contribution >= 4 is 63.2 Å². The average molecular weight is 779 g/mol. The van der Waals surface area contributed by atoms with Gasteiger partial charge in [-0.1, -0.05) is 57.0 Å². The number of anilines is 5. The monoisotopic (exact) mass is 778 g/mol. The summed E-state index contributed by atoms with van der Waals surface area (Å²) in [6.07, 6.45) is 3.58. The first-order valence-corrected chi connectivity index (χ1v) is 19.7. The Morgan fingerprint density at radius 1 is 0.857 bits per heavy atom. The molecule has 0 saturated carbocycles. The summed E-state index contributed by atoms with van der Waals surface area (Å²) in [5, 5.41) is 17.3. The maximum Gasteiger partial charge on any atom is 0.323 e. The van der Waals surface area contributed by atoms with Crippen molar-refractivity contribution in [3.8, 4) is 23.0 Å². The van der Waals surface area contributed by atoms with E-state index in [-0.39, 0.29) is 11.3 Å². The molecule has 1 aliphatic rings. The van der Waals surface area contributed by atoms with Crippen LogP contribution in [0.4, 0.5) is 33.4 Å². The Labute approximate surface area is 332 Å². The van der Waals surface area contributed by atoms with Crippen molar-refractivity contribution in [2.75, 3.05) is 80.4 Å². The number of rotatable bonds is 14. The molecule has 0 atom stereocenters. The molecule has 13 nitrogen and oxygen atoms in total. The predicted octanol–water partition coefficient (Wildman–Crippen LogP) is 8.05. The van der Waals surface area contributed by atoms with Gasteiger partial charge < -0.3 is 45.5 Å². The normalized spacial score (nSPS) is 13.1. The summed E-state index contributed by atoms with van der Waals surface area (Å²) in [4.78, 5) is 33.4. The summed E-state index contributed by atoms with van der Waals surface area (Å²) in [5.41, 5.74) is 3.93. The van der Waals surface area contributed by atoms with Gasteiger partial charge in [-0.2, -0.15) is 0 Å². The van der Waals surface area contributed by atoms with Crippen LogP contribution in [-0.2, 0) is 5.41 Å². The van der Waals surface area contributed by atoms with Gasteiger partial charge in [-0.3, -0.25) is 9.69 Å². The molecule has 6 N–H and O–H groups in total. The molecule has 0 spiro atoms. The lowest BCUT2D eigenvalue weighted by Gasteiger charge is -2.27.